The number of hydrogen-bond acceptors (Lipinski definition) is 3. The number of likely N-dealkylation sites (tertiary alicyclic amines) is 1. The van der Waals surface area contributed by atoms with Crippen LogP contribution in [0.15, 0.2) is 36.4 Å². The lowest BCUT2D eigenvalue weighted by Gasteiger charge is -2.43. The van der Waals surface area contributed by atoms with Crippen molar-refractivity contribution in [1.29, 1.82) is 0 Å². The molecule has 2 aromatic carbocycles. The van der Waals surface area contributed by atoms with Crippen molar-refractivity contribution < 1.29 is 45.1 Å². The van der Waals surface area contributed by atoms with Crippen LogP contribution in [-0.2, 0) is 21.9 Å². The van der Waals surface area contributed by atoms with Gasteiger partial charge in [0.05, 0.1) is 11.1 Å². The number of carbonyl (C=O) groups excluding carboxylic acids is 2. The molecule has 12 heteroatoms. The van der Waals surface area contributed by atoms with Crippen LogP contribution in [0.4, 0.5) is 30.7 Å². The van der Waals surface area contributed by atoms with E-state index in [1.54, 1.807) is 6.92 Å². The Morgan fingerprint density at radius 3 is 2.14 bits per heavy atom. The second-order valence-electron chi connectivity index (χ2n) is 8.95. The monoisotopic (exact) mass is 534 g/mol. The predicted molar refractivity (Wildman–Crippen MR) is 119 cm³/mol. The third-order valence-electron chi connectivity index (χ3n) is 6.48. The average molecular weight is 534 g/mol. The number of aryl methyl sites for hydroxylation is 1. The molecule has 1 aliphatic heterocycles. The van der Waals surface area contributed by atoms with Gasteiger partial charge in [0.1, 0.15) is 12.4 Å². The predicted octanol–water partition coefficient (Wildman–Crippen LogP) is 5.27. The van der Waals surface area contributed by atoms with Crippen LogP contribution in [0.5, 0.6) is 0 Å². The Labute approximate surface area is 208 Å². The fourth-order valence-electron chi connectivity index (χ4n) is 4.64. The number of carbonyl (C=O) groups is 2. The molecule has 1 fully saturated rings. The Kier molecular flexibility index (Phi) is 8.21. The second-order valence-corrected chi connectivity index (χ2v) is 8.95. The first-order chi connectivity index (χ1) is 17.1. The highest BCUT2D eigenvalue weighted by atomic mass is 19.4. The van der Waals surface area contributed by atoms with Gasteiger partial charge in [0.2, 0.25) is 5.91 Å². The minimum absolute atomic E-state index is 0.0403. The van der Waals surface area contributed by atoms with Crippen LogP contribution < -0.4 is 0 Å². The molecule has 3 rings (SSSR count). The third-order valence-corrected chi connectivity index (χ3v) is 6.48. The van der Waals surface area contributed by atoms with Crippen LogP contribution in [0, 0.1) is 12.7 Å². The first-order valence-corrected chi connectivity index (χ1v) is 11.2. The fraction of sp³-hybridized carbons (Fsp3) is 0.440. The molecule has 2 aromatic rings. The molecule has 202 valence electrons. The van der Waals surface area contributed by atoms with E-state index in [1.807, 2.05) is 0 Å². The summed E-state index contributed by atoms with van der Waals surface area (Å²) in [6.07, 6.45) is -10.0. The summed E-state index contributed by atoms with van der Waals surface area (Å²) in [6.45, 7) is 1.71. The van der Waals surface area contributed by atoms with E-state index in [0.717, 1.165) is 4.90 Å². The number of halogens is 7. The Hall–Kier alpha value is -3.15. The number of alkyl halides is 6. The van der Waals surface area contributed by atoms with Crippen LogP contribution in [0.3, 0.4) is 0 Å². The maximum Gasteiger partial charge on any atom is 0.416 e. The van der Waals surface area contributed by atoms with Gasteiger partial charge >= 0.3 is 12.4 Å². The number of likely N-dealkylation sites (N-methyl/N-ethyl adjacent to an activating group) is 1. The fourth-order valence-corrected chi connectivity index (χ4v) is 4.64. The molecule has 2 amide bonds. The molecular weight excluding hydrogens is 509 g/mol. The van der Waals surface area contributed by atoms with Gasteiger partial charge < -0.3 is 14.5 Å². The number of benzene rings is 2. The maximum absolute atomic E-state index is 13.8. The van der Waals surface area contributed by atoms with E-state index >= 15 is 0 Å². The highest BCUT2D eigenvalue weighted by Crippen LogP contribution is 2.38. The average Bonchev–Trinajstić information content (AvgIpc) is 2.81. The molecule has 5 nitrogen and oxygen atoms in total. The first-order valence-electron chi connectivity index (χ1n) is 11.2. The van der Waals surface area contributed by atoms with Crippen LogP contribution in [0.2, 0.25) is 0 Å². The molecule has 0 aromatic heterocycles. The van der Waals surface area contributed by atoms with Crippen molar-refractivity contribution in [3.63, 3.8) is 0 Å². The molecule has 0 spiro atoms. The van der Waals surface area contributed by atoms with Crippen LogP contribution in [0.1, 0.15) is 45.0 Å². The molecule has 1 aliphatic rings. The topological polar surface area (TPSA) is 49.9 Å². The smallest absolute Gasteiger partial charge is 0.375 e. The number of nitrogens with zero attached hydrogens (tertiary/aromatic N) is 2. The van der Waals surface area contributed by atoms with Crippen molar-refractivity contribution >= 4 is 11.8 Å². The van der Waals surface area contributed by atoms with Crippen molar-refractivity contribution in [3.8, 4) is 0 Å². The molecule has 2 unspecified atom stereocenters. The van der Waals surface area contributed by atoms with Gasteiger partial charge in [0, 0.05) is 44.8 Å². The summed E-state index contributed by atoms with van der Waals surface area (Å²) >= 11 is 0. The van der Waals surface area contributed by atoms with E-state index < -0.39 is 52.7 Å². The number of methoxy groups -OCH3 is 1. The molecular formula is C25H25F7N2O3. The molecule has 0 saturated carbocycles. The summed E-state index contributed by atoms with van der Waals surface area (Å²) < 4.78 is 98.6. The molecule has 37 heavy (non-hydrogen) atoms. The molecule has 0 aliphatic carbocycles. The third kappa shape index (κ3) is 6.41. The molecule has 2 atom stereocenters. The van der Waals surface area contributed by atoms with E-state index in [1.165, 1.54) is 37.3 Å². The van der Waals surface area contributed by atoms with Crippen LogP contribution >= 0.6 is 0 Å². The lowest BCUT2D eigenvalue weighted by molar-refractivity contribution is -0.143. The van der Waals surface area contributed by atoms with Crippen molar-refractivity contribution in [3.05, 3.63) is 70.0 Å². The minimum Gasteiger partial charge on any atom is -0.375 e. The zero-order valence-corrected chi connectivity index (χ0v) is 20.2. The van der Waals surface area contributed by atoms with Gasteiger partial charge in [-0.15, -0.1) is 0 Å². The lowest BCUT2D eigenvalue weighted by Crippen LogP contribution is -2.52. The lowest BCUT2D eigenvalue weighted by atomic mass is 9.82. The normalized spacial score (nSPS) is 18.6. The Morgan fingerprint density at radius 2 is 1.62 bits per heavy atom. The highest BCUT2D eigenvalue weighted by Gasteiger charge is 2.40. The van der Waals surface area contributed by atoms with Crippen molar-refractivity contribution in [2.45, 2.75) is 37.7 Å². The molecule has 0 radical (unpaired) electrons. The number of amides is 2. The molecule has 1 saturated heterocycles. The number of ether oxygens (including phenoxy) is 1. The summed E-state index contributed by atoms with van der Waals surface area (Å²) in [4.78, 5) is 28.3. The first kappa shape index (κ1) is 28.4. The largest absolute Gasteiger partial charge is 0.416 e. The molecule has 0 N–H and O–H groups in total. The summed E-state index contributed by atoms with van der Waals surface area (Å²) in [6, 6.07) is 4.02. The summed E-state index contributed by atoms with van der Waals surface area (Å²) in [5.41, 5.74) is -2.83. The van der Waals surface area contributed by atoms with Crippen molar-refractivity contribution in [2.75, 3.05) is 33.9 Å². The van der Waals surface area contributed by atoms with Gasteiger partial charge in [-0.05, 0) is 54.8 Å². The van der Waals surface area contributed by atoms with E-state index in [4.69, 9.17) is 4.74 Å². The van der Waals surface area contributed by atoms with Gasteiger partial charge in [-0.1, -0.05) is 6.07 Å². The van der Waals surface area contributed by atoms with Crippen molar-refractivity contribution in [1.82, 2.24) is 9.80 Å². The van der Waals surface area contributed by atoms with Crippen molar-refractivity contribution in [2.24, 2.45) is 0 Å². The Morgan fingerprint density at radius 1 is 1.03 bits per heavy atom. The standard InChI is InChI=1S/C25H25F7N2O3/c1-14-8-18(26)4-5-19(14)20-12-34(22(35)13-37-3)7-6-21(20)33(2)23(36)15-9-16(24(27,28)29)11-17(10-15)25(30,31)32/h4-5,8-11,20-21H,6-7,12-13H2,1-3H3. The SMILES string of the molecule is COCC(=O)N1CCC(N(C)C(=O)c2cc(C(F)(F)F)cc(C(F)(F)F)c2)C(c2ccc(F)cc2C)C1. The van der Waals surface area contributed by atoms with E-state index in [0.29, 0.717) is 23.3 Å². The van der Waals surface area contributed by atoms with E-state index in [-0.39, 0.29) is 38.1 Å². The Bertz CT molecular complexity index is 1130. The van der Waals surface area contributed by atoms with Gasteiger partial charge in [-0.2, -0.15) is 26.3 Å². The molecule has 0 bridgehead atoms. The summed E-state index contributed by atoms with van der Waals surface area (Å²) in [5.74, 6) is -2.46. The van der Waals surface area contributed by atoms with Crippen LogP contribution in [0.25, 0.3) is 0 Å². The second kappa shape index (κ2) is 10.7. The zero-order chi connectivity index (χ0) is 27.7. The number of piperidine rings is 1. The highest BCUT2D eigenvalue weighted by molar-refractivity contribution is 5.95. The Balaban J connectivity index is 2.02. The zero-order valence-electron chi connectivity index (χ0n) is 20.2. The van der Waals surface area contributed by atoms with Crippen LogP contribution in [-0.4, -0.2) is 61.5 Å². The molecule has 1 heterocycles. The van der Waals surface area contributed by atoms with E-state index in [2.05, 4.69) is 0 Å². The van der Waals surface area contributed by atoms with Gasteiger partial charge in [-0.3, -0.25) is 9.59 Å². The van der Waals surface area contributed by atoms with E-state index in [9.17, 15) is 40.3 Å². The maximum atomic E-state index is 13.8. The number of hydrogen-bond donors (Lipinski definition) is 0. The van der Waals surface area contributed by atoms with Gasteiger partial charge in [-0.25, -0.2) is 4.39 Å². The summed E-state index contributed by atoms with van der Waals surface area (Å²) in [5, 5.41) is 0. The van der Waals surface area contributed by atoms with Gasteiger partial charge in [0.15, 0.2) is 0 Å². The summed E-state index contributed by atoms with van der Waals surface area (Å²) in [7, 11) is 2.64. The van der Waals surface area contributed by atoms with Gasteiger partial charge in [0.25, 0.3) is 5.91 Å². The number of rotatable bonds is 5. The minimum atomic E-state index is -5.10. The quantitative estimate of drug-likeness (QED) is 0.491.